The van der Waals surface area contributed by atoms with Crippen molar-refractivity contribution in [2.75, 3.05) is 23.3 Å². The number of rotatable bonds is 9. The van der Waals surface area contributed by atoms with Gasteiger partial charge in [-0.1, -0.05) is 47.4 Å². The van der Waals surface area contributed by atoms with Crippen LogP contribution in [0.1, 0.15) is 13.3 Å². The van der Waals surface area contributed by atoms with E-state index in [1.165, 1.54) is 23.1 Å². The lowest BCUT2D eigenvalue weighted by Gasteiger charge is -2.24. The highest BCUT2D eigenvalue weighted by molar-refractivity contribution is 8.02. The summed E-state index contributed by atoms with van der Waals surface area (Å²) in [5, 5.41) is 20.4. The minimum Gasteiger partial charge on any atom is -0.357 e. The van der Waals surface area contributed by atoms with Crippen LogP contribution in [0, 0.1) is 11.3 Å². The molecule has 0 unspecified atom stereocenters. The molecule has 6 nitrogen and oxygen atoms in total. The zero-order valence-corrected chi connectivity index (χ0v) is 15.5. The molecular weight excluding hydrogens is 354 g/mol. The smallest absolute Gasteiger partial charge is 0.240 e. The molecule has 0 bridgehead atoms. The Morgan fingerprint density at radius 2 is 2.24 bits per heavy atom. The van der Waals surface area contributed by atoms with Crippen molar-refractivity contribution in [1.82, 2.24) is 10.2 Å². The molecule has 130 valence electrons. The van der Waals surface area contributed by atoms with Crippen molar-refractivity contribution in [1.29, 1.82) is 5.26 Å². The second-order valence-corrected chi connectivity index (χ2v) is 7.60. The van der Waals surface area contributed by atoms with Gasteiger partial charge in [-0.3, -0.25) is 4.79 Å². The van der Waals surface area contributed by atoms with Gasteiger partial charge in [0.1, 0.15) is 0 Å². The molecule has 8 heteroatoms. The second kappa shape index (κ2) is 9.81. The van der Waals surface area contributed by atoms with Crippen LogP contribution in [0.4, 0.5) is 10.8 Å². The van der Waals surface area contributed by atoms with Crippen LogP contribution in [-0.2, 0) is 4.79 Å². The second-order valence-electron chi connectivity index (χ2n) is 5.04. The van der Waals surface area contributed by atoms with Gasteiger partial charge in [0.15, 0.2) is 4.34 Å². The van der Waals surface area contributed by atoms with Crippen LogP contribution in [0.5, 0.6) is 0 Å². The Morgan fingerprint density at radius 1 is 1.48 bits per heavy atom. The first-order chi connectivity index (χ1) is 12.2. The van der Waals surface area contributed by atoms with Crippen molar-refractivity contribution in [3.8, 4) is 6.07 Å². The number of thioether (sulfide) groups is 1. The highest BCUT2D eigenvalue weighted by Crippen LogP contribution is 2.30. The van der Waals surface area contributed by atoms with Gasteiger partial charge in [0.05, 0.1) is 17.7 Å². The van der Waals surface area contributed by atoms with E-state index in [0.717, 1.165) is 10.0 Å². The van der Waals surface area contributed by atoms with Crippen LogP contribution in [0.25, 0.3) is 0 Å². The molecule has 0 aliphatic rings. The highest BCUT2D eigenvalue weighted by Gasteiger charge is 2.24. The topological polar surface area (TPSA) is 81.9 Å². The maximum absolute atomic E-state index is 12.9. The minimum atomic E-state index is -0.334. The highest BCUT2D eigenvalue weighted by atomic mass is 32.2. The van der Waals surface area contributed by atoms with Crippen molar-refractivity contribution < 1.29 is 4.79 Å². The molecule has 0 saturated carbocycles. The number of benzene rings is 1. The molecule has 0 fully saturated rings. The Labute approximate surface area is 155 Å². The molecule has 1 amide bonds. The lowest BCUT2D eigenvalue weighted by atomic mass is 10.2. The van der Waals surface area contributed by atoms with Gasteiger partial charge in [0, 0.05) is 18.8 Å². The van der Waals surface area contributed by atoms with E-state index in [1.54, 1.807) is 11.0 Å². The molecular formula is C17H19N5OS2. The molecule has 1 aromatic carbocycles. The number of nitriles is 1. The monoisotopic (exact) mass is 373 g/mol. The van der Waals surface area contributed by atoms with Gasteiger partial charge < -0.3 is 10.2 Å². The Morgan fingerprint density at radius 3 is 2.92 bits per heavy atom. The average molecular weight is 374 g/mol. The lowest BCUT2D eigenvalue weighted by Crippen LogP contribution is -2.37. The third-order valence-corrected chi connectivity index (χ3v) is 5.26. The van der Waals surface area contributed by atoms with Crippen molar-refractivity contribution >= 4 is 39.8 Å². The Hall–Kier alpha value is -2.37. The van der Waals surface area contributed by atoms with Crippen molar-refractivity contribution in [2.24, 2.45) is 0 Å². The predicted molar refractivity (Wildman–Crippen MR) is 103 cm³/mol. The molecule has 0 radical (unpaired) electrons. The molecule has 0 aliphatic heterocycles. The molecule has 1 heterocycles. The number of carbonyl (C=O) groups is 1. The number of nitrogens with zero attached hydrogens (tertiary/aromatic N) is 4. The number of nitrogens with one attached hydrogen (secondary N) is 1. The van der Waals surface area contributed by atoms with Gasteiger partial charge in [-0.15, -0.1) is 16.8 Å². The largest absolute Gasteiger partial charge is 0.357 e. The summed E-state index contributed by atoms with van der Waals surface area (Å²) in [4.78, 5) is 14.5. The zero-order valence-electron chi connectivity index (χ0n) is 13.9. The van der Waals surface area contributed by atoms with E-state index in [2.05, 4.69) is 28.2 Å². The molecule has 1 N–H and O–H groups in total. The summed E-state index contributed by atoms with van der Waals surface area (Å²) < 4.78 is 0.723. The van der Waals surface area contributed by atoms with Gasteiger partial charge in [0.25, 0.3) is 0 Å². The molecule has 1 aromatic heterocycles. The van der Waals surface area contributed by atoms with Gasteiger partial charge in [0.2, 0.25) is 11.0 Å². The first-order valence-electron chi connectivity index (χ1n) is 7.74. The quantitative estimate of drug-likeness (QED) is 0.534. The SMILES string of the molecule is C=CCNc1nnc(S[C@@H](C)C(=O)N(CCC#N)c2ccccc2)s1. The first-order valence-corrected chi connectivity index (χ1v) is 9.43. The standard InChI is InChI=1S/C17H19N5OS2/c1-3-11-19-16-20-21-17(25-16)24-13(2)15(23)22(12-7-10-18)14-8-5-4-6-9-14/h3-6,8-9,13H,1,7,11-12H2,2H3,(H,19,20)/t13-/m0/s1. The number of aromatic nitrogens is 2. The van der Waals surface area contributed by atoms with Gasteiger partial charge in [-0.25, -0.2) is 0 Å². The molecule has 0 aliphatic carbocycles. The first kappa shape index (κ1) is 19.0. The summed E-state index contributed by atoms with van der Waals surface area (Å²) in [6.07, 6.45) is 2.03. The Balaban J connectivity index is 2.06. The van der Waals surface area contributed by atoms with Crippen LogP contribution >= 0.6 is 23.1 Å². The van der Waals surface area contributed by atoms with Crippen molar-refractivity contribution in [2.45, 2.75) is 22.9 Å². The molecule has 0 saturated heterocycles. The van der Waals surface area contributed by atoms with Crippen LogP contribution in [-0.4, -0.2) is 34.4 Å². The van der Waals surface area contributed by atoms with E-state index in [-0.39, 0.29) is 17.6 Å². The summed E-state index contributed by atoms with van der Waals surface area (Å²) in [7, 11) is 0. The van der Waals surface area contributed by atoms with Gasteiger partial charge in [-0.05, 0) is 19.1 Å². The van der Waals surface area contributed by atoms with E-state index in [9.17, 15) is 4.79 Å². The number of amides is 1. The fourth-order valence-corrected chi connectivity index (χ4v) is 4.01. The van der Waals surface area contributed by atoms with Crippen LogP contribution < -0.4 is 10.2 Å². The summed E-state index contributed by atoms with van der Waals surface area (Å²) in [6, 6.07) is 11.5. The van der Waals surface area contributed by atoms with Gasteiger partial charge >= 0.3 is 0 Å². The molecule has 1 atom stereocenters. The molecule has 0 spiro atoms. The van der Waals surface area contributed by atoms with Crippen LogP contribution in [0.2, 0.25) is 0 Å². The van der Waals surface area contributed by atoms with Crippen molar-refractivity contribution in [3.63, 3.8) is 0 Å². The van der Waals surface area contributed by atoms with Gasteiger partial charge in [-0.2, -0.15) is 5.26 Å². The third kappa shape index (κ3) is 5.59. The average Bonchev–Trinajstić information content (AvgIpc) is 3.08. The third-order valence-electron chi connectivity index (χ3n) is 3.21. The number of hydrogen-bond acceptors (Lipinski definition) is 7. The number of para-hydroxylation sites is 1. The summed E-state index contributed by atoms with van der Waals surface area (Å²) in [6.45, 7) is 6.47. The number of anilines is 2. The summed E-state index contributed by atoms with van der Waals surface area (Å²) in [5.74, 6) is -0.0535. The van der Waals surface area contributed by atoms with E-state index in [4.69, 9.17) is 5.26 Å². The van der Waals surface area contributed by atoms with E-state index in [0.29, 0.717) is 18.2 Å². The molecule has 2 aromatic rings. The molecule has 2 rings (SSSR count). The van der Waals surface area contributed by atoms with Crippen LogP contribution in [0.3, 0.4) is 0 Å². The molecule has 25 heavy (non-hydrogen) atoms. The normalized spacial score (nSPS) is 11.4. The van der Waals surface area contributed by atoms with Crippen LogP contribution in [0.15, 0.2) is 47.3 Å². The van der Waals surface area contributed by atoms with Crippen molar-refractivity contribution in [3.05, 3.63) is 43.0 Å². The zero-order chi connectivity index (χ0) is 18.1. The van der Waals surface area contributed by atoms with E-state index >= 15 is 0 Å². The Bertz CT molecular complexity index is 741. The maximum atomic E-state index is 12.9. The van der Waals surface area contributed by atoms with E-state index < -0.39 is 0 Å². The fraction of sp³-hybridized carbons (Fsp3) is 0.294. The fourth-order valence-electron chi connectivity index (χ4n) is 2.05. The lowest BCUT2D eigenvalue weighted by molar-refractivity contribution is -0.117. The summed E-state index contributed by atoms with van der Waals surface area (Å²) in [5.41, 5.74) is 0.792. The summed E-state index contributed by atoms with van der Waals surface area (Å²) >= 11 is 2.77. The predicted octanol–water partition coefficient (Wildman–Crippen LogP) is 3.56. The maximum Gasteiger partial charge on any atom is 0.240 e. The number of hydrogen-bond donors (Lipinski definition) is 1. The minimum absolute atomic E-state index is 0.0535. The Kier molecular flexibility index (Phi) is 7.44. The van der Waals surface area contributed by atoms with E-state index in [1.807, 2.05) is 37.3 Å². The number of carbonyl (C=O) groups excluding carboxylic acids is 1.